The molecule has 114 valence electrons. The number of rotatable bonds is 6. The topological polar surface area (TPSA) is 81.2 Å². The minimum absolute atomic E-state index is 0.202. The Morgan fingerprint density at radius 2 is 2.05 bits per heavy atom. The van der Waals surface area contributed by atoms with E-state index in [1.54, 1.807) is 13.1 Å². The highest BCUT2D eigenvalue weighted by Crippen LogP contribution is 2.20. The van der Waals surface area contributed by atoms with Crippen LogP contribution in [0.3, 0.4) is 0 Å². The number of sulfonamides is 1. The van der Waals surface area contributed by atoms with Crippen molar-refractivity contribution < 1.29 is 8.42 Å². The number of nitrogens with two attached hydrogens (primary N) is 1. The maximum atomic E-state index is 12.7. The molecule has 0 saturated heterocycles. The van der Waals surface area contributed by atoms with Crippen molar-refractivity contribution in [3.05, 3.63) is 42.2 Å². The van der Waals surface area contributed by atoms with Gasteiger partial charge in [0.25, 0.3) is 0 Å². The molecule has 2 aromatic rings. The Morgan fingerprint density at radius 3 is 2.62 bits per heavy atom. The fraction of sp³-hybridized carbons (Fsp3) is 0.357. The number of nitrogens with zero attached hydrogens (tertiary/aromatic N) is 3. The monoisotopic (exact) mass is 308 g/mol. The first-order chi connectivity index (χ1) is 9.95. The van der Waals surface area contributed by atoms with Crippen LogP contribution in [0.15, 0.2) is 41.6 Å². The Balaban J connectivity index is 2.33. The summed E-state index contributed by atoms with van der Waals surface area (Å²) >= 11 is 0. The quantitative estimate of drug-likeness (QED) is 0.822. The maximum Gasteiger partial charge on any atom is 0.246 e. The molecular formula is C14H20N4O2S. The van der Waals surface area contributed by atoms with E-state index < -0.39 is 10.0 Å². The van der Waals surface area contributed by atoms with Gasteiger partial charge < -0.3 is 5.73 Å². The normalized spacial score (nSPS) is 12.0. The summed E-state index contributed by atoms with van der Waals surface area (Å²) in [7, 11) is -1.87. The SMILES string of the molecule is CCCN(Cc1ccccc1N)S(=O)(=O)c1cnn(C)c1. The van der Waals surface area contributed by atoms with E-state index in [4.69, 9.17) is 5.73 Å². The van der Waals surface area contributed by atoms with Crippen molar-refractivity contribution >= 4 is 15.7 Å². The molecule has 1 aromatic carbocycles. The van der Waals surface area contributed by atoms with E-state index in [-0.39, 0.29) is 11.4 Å². The van der Waals surface area contributed by atoms with Crippen LogP contribution in [0.4, 0.5) is 5.69 Å². The zero-order valence-electron chi connectivity index (χ0n) is 12.2. The second kappa shape index (κ2) is 6.28. The zero-order chi connectivity index (χ0) is 15.5. The number of aryl methyl sites for hydroxylation is 1. The second-order valence-corrected chi connectivity index (χ2v) is 6.83. The average molecular weight is 308 g/mol. The van der Waals surface area contributed by atoms with Crippen LogP contribution in [-0.4, -0.2) is 29.0 Å². The predicted octanol–water partition coefficient (Wildman–Crippen LogP) is 1.60. The van der Waals surface area contributed by atoms with Crippen LogP contribution in [-0.2, 0) is 23.6 Å². The highest BCUT2D eigenvalue weighted by molar-refractivity contribution is 7.89. The number of anilines is 1. The fourth-order valence-electron chi connectivity index (χ4n) is 2.08. The van der Waals surface area contributed by atoms with Gasteiger partial charge in [0.15, 0.2) is 0 Å². The van der Waals surface area contributed by atoms with Gasteiger partial charge in [0, 0.05) is 32.0 Å². The molecule has 1 aromatic heterocycles. The molecule has 2 rings (SSSR count). The largest absolute Gasteiger partial charge is 0.398 e. The summed E-state index contributed by atoms with van der Waals surface area (Å²) in [5.41, 5.74) is 7.31. The summed E-state index contributed by atoms with van der Waals surface area (Å²) in [6.07, 6.45) is 3.60. The number of nitrogen functional groups attached to an aromatic ring is 1. The number of aromatic nitrogens is 2. The van der Waals surface area contributed by atoms with Crippen molar-refractivity contribution in [3.63, 3.8) is 0 Å². The van der Waals surface area contributed by atoms with E-state index in [0.717, 1.165) is 12.0 Å². The molecule has 0 amide bonds. The average Bonchev–Trinajstić information content (AvgIpc) is 2.88. The Bertz CT molecular complexity index is 709. The van der Waals surface area contributed by atoms with E-state index in [9.17, 15) is 8.42 Å². The lowest BCUT2D eigenvalue weighted by Gasteiger charge is -2.21. The van der Waals surface area contributed by atoms with Crippen LogP contribution in [0.5, 0.6) is 0 Å². The molecule has 0 radical (unpaired) electrons. The first kappa shape index (κ1) is 15.5. The van der Waals surface area contributed by atoms with Gasteiger partial charge in [0.2, 0.25) is 10.0 Å². The van der Waals surface area contributed by atoms with Crippen molar-refractivity contribution in [2.45, 2.75) is 24.8 Å². The molecule has 6 nitrogen and oxygen atoms in total. The minimum Gasteiger partial charge on any atom is -0.398 e. The van der Waals surface area contributed by atoms with Crippen LogP contribution in [0.2, 0.25) is 0 Å². The molecule has 0 saturated carbocycles. The van der Waals surface area contributed by atoms with Gasteiger partial charge in [-0.2, -0.15) is 9.40 Å². The summed E-state index contributed by atoms with van der Waals surface area (Å²) in [5, 5.41) is 3.94. The van der Waals surface area contributed by atoms with Gasteiger partial charge in [0.1, 0.15) is 4.90 Å². The number of para-hydroxylation sites is 1. The van der Waals surface area contributed by atoms with E-state index in [1.807, 2.05) is 25.1 Å². The first-order valence-electron chi connectivity index (χ1n) is 6.77. The third-order valence-electron chi connectivity index (χ3n) is 3.19. The van der Waals surface area contributed by atoms with Crippen molar-refractivity contribution in [3.8, 4) is 0 Å². The van der Waals surface area contributed by atoms with Gasteiger partial charge in [-0.25, -0.2) is 8.42 Å². The highest BCUT2D eigenvalue weighted by Gasteiger charge is 2.25. The lowest BCUT2D eigenvalue weighted by molar-refractivity contribution is 0.406. The maximum absolute atomic E-state index is 12.7. The second-order valence-electron chi connectivity index (χ2n) is 4.89. The summed E-state index contributed by atoms with van der Waals surface area (Å²) in [6, 6.07) is 7.30. The van der Waals surface area contributed by atoms with E-state index >= 15 is 0 Å². The molecule has 0 fully saturated rings. The van der Waals surface area contributed by atoms with Crippen molar-refractivity contribution in [2.24, 2.45) is 7.05 Å². The minimum atomic E-state index is -3.56. The fourth-order valence-corrected chi connectivity index (χ4v) is 3.58. The predicted molar refractivity (Wildman–Crippen MR) is 81.9 cm³/mol. The van der Waals surface area contributed by atoms with Gasteiger partial charge in [-0.3, -0.25) is 4.68 Å². The summed E-state index contributed by atoms with van der Waals surface area (Å²) in [5.74, 6) is 0. The van der Waals surface area contributed by atoms with Crippen LogP contribution in [0.1, 0.15) is 18.9 Å². The Kier molecular flexibility index (Phi) is 4.64. The standard InChI is InChI=1S/C14H20N4O2S/c1-3-8-18(10-12-6-4-5-7-14(12)15)21(19,20)13-9-16-17(2)11-13/h4-7,9,11H,3,8,10,15H2,1-2H3. The first-order valence-corrected chi connectivity index (χ1v) is 8.21. The summed E-state index contributed by atoms with van der Waals surface area (Å²) in [4.78, 5) is 0.202. The van der Waals surface area contributed by atoms with Crippen LogP contribution in [0, 0.1) is 0 Å². The number of benzene rings is 1. The highest BCUT2D eigenvalue weighted by atomic mass is 32.2. The molecule has 0 atom stereocenters. The third kappa shape index (κ3) is 3.43. The molecule has 0 bridgehead atoms. The van der Waals surface area contributed by atoms with E-state index in [1.165, 1.54) is 21.4 Å². The summed E-state index contributed by atoms with van der Waals surface area (Å²) < 4.78 is 28.3. The van der Waals surface area contributed by atoms with E-state index in [0.29, 0.717) is 12.2 Å². The molecule has 0 aliphatic carbocycles. The van der Waals surface area contributed by atoms with Gasteiger partial charge >= 0.3 is 0 Å². The van der Waals surface area contributed by atoms with Crippen molar-refractivity contribution in [1.29, 1.82) is 0 Å². The molecule has 7 heteroatoms. The van der Waals surface area contributed by atoms with Crippen molar-refractivity contribution in [1.82, 2.24) is 14.1 Å². The Morgan fingerprint density at radius 1 is 1.33 bits per heavy atom. The molecule has 0 spiro atoms. The molecule has 2 N–H and O–H groups in total. The molecular weight excluding hydrogens is 288 g/mol. The van der Waals surface area contributed by atoms with Crippen LogP contribution in [0.25, 0.3) is 0 Å². The van der Waals surface area contributed by atoms with Crippen LogP contribution >= 0.6 is 0 Å². The van der Waals surface area contributed by atoms with Crippen LogP contribution < -0.4 is 5.73 Å². The molecule has 0 unspecified atom stereocenters. The van der Waals surface area contributed by atoms with Gasteiger partial charge in [-0.15, -0.1) is 0 Å². The third-order valence-corrected chi connectivity index (χ3v) is 4.99. The Labute approximate surface area is 125 Å². The van der Waals surface area contributed by atoms with Gasteiger partial charge in [-0.05, 0) is 18.1 Å². The smallest absolute Gasteiger partial charge is 0.246 e. The number of hydrogen-bond acceptors (Lipinski definition) is 4. The van der Waals surface area contributed by atoms with E-state index in [2.05, 4.69) is 5.10 Å². The molecule has 21 heavy (non-hydrogen) atoms. The van der Waals surface area contributed by atoms with Gasteiger partial charge in [-0.1, -0.05) is 25.1 Å². The summed E-state index contributed by atoms with van der Waals surface area (Å²) in [6.45, 7) is 2.64. The zero-order valence-corrected chi connectivity index (χ0v) is 13.0. The molecule has 0 aliphatic heterocycles. The Hall–Kier alpha value is -1.86. The lowest BCUT2D eigenvalue weighted by Crippen LogP contribution is -2.31. The van der Waals surface area contributed by atoms with Crippen molar-refractivity contribution in [2.75, 3.05) is 12.3 Å². The number of hydrogen-bond donors (Lipinski definition) is 1. The molecule has 1 heterocycles. The van der Waals surface area contributed by atoms with Gasteiger partial charge in [0.05, 0.1) is 6.20 Å². The molecule has 0 aliphatic rings. The lowest BCUT2D eigenvalue weighted by atomic mass is 10.2.